The molecule has 20 rings (SSSR count). The molecule has 123 heavy (non-hydrogen) atoms. The molecule has 10 amide bonds. The van der Waals surface area contributed by atoms with E-state index in [0.717, 1.165) is 127 Å². The van der Waals surface area contributed by atoms with E-state index in [9.17, 15) is 52.7 Å². The molecule has 35 heteroatoms. The SMILES string of the molecule is C=C1CC(=O)CN1.C=C1CC(=O)NC(=O)N1.C=C1CC(=O)NCN1.C=C1CC=CN1.C=C1Cc2ccccc2N1.C=C1N=CC=CN1.C=C1NC(N)=NC2=C1N=CC2.C=C1NC=CC(=O)N1.O=C1CCC=CN1.O=C1CCCN1.O=C1CCc2ccccc2N1.O=C1CN2CCCCC2N1.O=C1CN=Cc2ccccc2N1.O=c1[nH]ncc2ccccc12. The van der Waals surface area contributed by atoms with E-state index in [1.54, 1.807) is 49.5 Å². The molecular weight excluding hydrogens is 1570 g/mol. The topological polar surface area (TPSA) is 488 Å². The number of benzene rings is 4. The Bertz CT molecular complexity index is 4970. The third-order valence-electron chi connectivity index (χ3n) is 17.7. The number of benzodiazepines with no additional fused rings is 1. The summed E-state index contributed by atoms with van der Waals surface area (Å²) in [5.74, 6) is 2.08. The normalized spacial score (nSPS) is 18.5. The summed E-state index contributed by atoms with van der Waals surface area (Å²) in [6.45, 7) is 32.8. The van der Waals surface area contributed by atoms with Gasteiger partial charge in [-0.2, -0.15) is 5.10 Å². The molecule has 0 radical (unpaired) electrons. The number of hydrogen-bond donors (Lipinski definition) is 18. The van der Waals surface area contributed by atoms with Crippen molar-refractivity contribution in [3.8, 4) is 0 Å². The molecule has 644 valence electrons. The van der Waals surface area contributed by atoms with E-state index in [-0.39, 0.29) is 71.6 Å². The lowest BCUT2D eigenvalue weighted by Gasteiger charge is -2.27. The largest absolute Gasteiger partial charge is 0.381 e. The van der Waals surface area contributed by atoms with Crippen LogP contribution in [0.1, 0.15) is 100 Å². The van der Waals surface area contributed by atoms with Crippen LogP contribution in [0.25, 0.3) is 10.8 Å². The number of aliphatic imine (C=N–C) groups is 4. The maximum absolute atomic E-state index is 11.1. The third-order valence-corrected chi connectivity index (χ3v) is 17.7. The molecule has 0 saturated carbocycles. The number of carbonyl (C=O) groups excluding carboxylic acids is 10. The van der Waals surface area contributed by atoms with Crippen LogP contribution in [0.5, 0.6) is 0 Å². The molecule has 35 nitrogen and oxygen atoms in total. The summed E-state index contributed by atoms with van der Waals surface area (Å²) in [5, 5.41) is 51.0. The van der Waals surface area contributed by atoms with Crippen LogP contribution in [0.15, 0.2) is 287 Å². The van der Waals surface area contributed by atoms with Gasteiger partial charge in [-0.3, -0.25) is 68.1 Å². The Labute approximate surface area is 713 Å². The van der Waals surface area contributed by atoms with Crippen LogP contribution >= 0.6 is 0 Å². The second-order valence-electron chi connectivity index (χ2n) is 27.8. The van der Waals surface area contributed by atoms with Gasteiger partial charge >= 0.3 is 6.03 Å². The predicted octanol–water partition coefficient (Wildman–Crippen LogP) is 6.76. The number of aromatic amines is 1. The van der Waals surface area contributed by atoms with E-state index < -0.39 is 6.03 Å². The van der Waals surface area contributed by atoms with Gasteiger partial charge in [-0.05, 0) is 92.4 Å². The summed E-state index contributed by atoms with van der Waals surface area (Å²) >= 11 is 0. The Morgan fingerprint density at radius 2 is 1.22 bits per heavy atom. The number of allylic oxidation sites excluding steroid dienone is 6. The first-order chi connectivity index (χ1) is 59.2. The number of piperidine rings is 1. The molecule has 0 spiro atoms. The molecule has 0 aliphatic carbocycles. The fraction of sp³-hybridized carbons (Fsp3) is 0.250. The Morgan fingerprint density at radius 1 is 0.512 bits per heavy atom. The summed E-state index contributed by atoms with van der Waals surface area (Å²) in [7, 11) is 0. The summed E-state index contributed by atoms with van der Waals surface area (Å²) in [6.07, 6.45) is 33.7. The highest BCUT2D eigenvalue weighted by Crippen LogP contribution is 2.27. The van der Waals surface area contributed by atoms with Gasteiger partial charge in [0.25, 0.3) is 11.5 Å². The van der Waals surface area contributed by atoms with Crippen LogP contribution in [0.2, 0.25) is 0 Å². The molecule has 6 saturated heterocycles. The number of Topliss-reactive ketones (excluding diaryl/α,β-unsaturated/α-hetero) is 1. The van der Waals surface area contributed by atoms with Crippen molar-refractivity contribution in [1.29, 1.82) is 0 Å². The molecule has 6 fully saturated rings. The van der Waals surface area contributed by atoms with Crippen LogP contribution in [0.3, 0.4) is 0 Å². The Hall–Kier alpha value is -15.4. The number of H-pyrrole nitrogens is 1. The number of urea groups is 1. The molecular formula is C88H106N24O11. The number of anilines is 3. The highest BCUT2D eigenvalue weighted by Gasteiger charge is 2.31. The Kier molecular flexibility index (Phi) is 39.8. The number of guanidine groups is 1. The van der Waals surface area contributed by atoms with Crippen molar-refractivity contribution in [3.05, 3.63) is 289 Å². The Morgan fingerprint density at radius 3 is 1.77 bits per heavy atom. The molecule has 1 unspecified atom stereocenters. The van der Waals surface area contributed by atoms with Crippen molar-refractivity contribution in [1.82, 2.24) is 84.2 Å². The van der Waals surface area contributed by atoms with Gasteiger partial charge in [0.05, 0.1) is 56.4 Å². The number of nitrogens with zero attached hydrogens (tertiary/aromatic N) is 6. The minimum absolute atomic E-state index is 0.0498. The summed E-state index contributed by atoms with van der Waals surface area (Å²) < 4.78 is 0. The Balaban J connectivity index is 0.000000183. The average Bonchev–Trinajstić information content (AvgIpc) is 1.10. The van der Waals surface area contributed by atoms with Crippen molar-refractivity contribution in [2.75, 3.05) is 55.3 Å². The first-order valence-electron chi connectivity index (χ1n) is 39.3. The summed E-state index contributed by atoms with van der Waals surface area (Å²) in [6, 6.07) is 30.7. The van der Waals surface area contributed by atoms with Gasteiger partial charge in [-0.25, -0.2) is 19.9 Å². The number of nitrogens with two attached hydrogens (primary N) is 1. The van der Waals surface area contributed by atoms with Crippen molar-refractivity contribution in [3.63, 3.8) is 0 Å². The van der Waals surface area contributed by atoms with Crippen LogP contribution in [-0.2, 0) is 56.0 Å². The zero-order valence-electron chi connectivity index (χ0n) is 68.5. The lowest BCUT2D eigenvalue weighted by molar-refractivity contribution is -0.122. The van der Waals surface area contributed by atoms with Crippen LogP contribution < -0.4 is 96.4 Å². The van der Waals surface area contributed by atoms with Gasteiger partial charge < -0.3 is 85.5 Å². The highest BCUT2D eigenvalue weighted by molar-refractivity contribution is 6.02. The average molecular weight is 1680 g/mol. The smallest absolute Gasteiger partial charge is 0.325 e. The molecule has 16 heterocycles. The first kappa shape index (κ1) is 94.7. The number of ketones is 1. The van der Waals surface area contributed by atoms with Gasteiger partial charge in [0.2, 0.25) is 41.4 Å². The number of rotatable bonds is 0. The first-order valence-corrected chi connectivity index (χ1v) is 39.3. The summed E-state index contributed by atoms with van der Waals surface area (Å²) in [4.78, 5) is 134. The van der Waals surface area contributed by atoms with Crippen LogP contribution in [-0.4, -0.2) is 144 Å². The van der Waals surface area contributed by atoms with Crippen molar-refractivity contribution >= 4 is 112 Å². The van der Waals surface area contributed by atoms with Gasteiger partial charge in [-0.15, -0.1) is 0 Å². The van der Waals surface area contributed by atoms with Gasteiger partial charge in [0.1, 0.15) is 23.9 Å². The predicted molar refractivity (Wildman–Crippen MR) is 479 cm³/mol. The lowest BCUT2D eigenvalue weighted by atomic mass is 10.0. The zero-order chi connectivity index (χ0) is 88.7. The third kappa shape index (κ3) is 37.0. The van der Waals surface area contributed by atoms with Crippen molar-refractivity contribution in [2.45, 2.75) is 102 Å². The van der Waals surface area contributed by atoms with Crippen molar-refractivity contribution in [2.24, 2.45) is 25.7 Å². The number of carbonyl (C=O) groups is 10. The number of aryl methyl sites for hydroxylation is 1. The standard InChI is InChI=1S/C9H8N2O.C9H9NO.C9H9N.C8H6N2O.C7H8N4.C7H12N2O.C5H6N2O2.C5H8N2O.C5H6N2O.C5H6N2.2C5H7NO.C5H7N.C4H7NO/c12-9-6-10-5-7-3-1-2-4-8(7)11-9;11-9-6-5-7-3-1-2-4-8(7)10-9;1-7-6-8-4-2-3-5-9(8)10-7;11-8-7-4-2-1-3-6(7)5-9-10-8;1-4-6-5(2-3-9-6)11-7(8)10-4;10-7-5-9-4-2-1-3-6(9)8-7;1-3-2-4(8)7-5(9)6-3;1-4-2-5(8)7-3-6-4;1-4-6-3-2-5(8)7-4;1-5-6-3-2-4-7-5;1-4-2-5(7)3-6-4;7-5-3-1-2-4-6-5;1-5-3-2-4-6-5;6-4-2-1-3-5-4/h1-5H,6H2,(H,11,12);1-4H,5-6H2,(H,10,11);2-5,10H,1,6H2;1-5H,(H,10,11);3H,1-2H2,(H3,8,10,11);6H,1-5H2,(H,8,10);1-2H2,(H2,6,7,8,9);6H,1-3H2,(H,7,8);2-3,6H,1H2,(H,7,8);2-4,6H,1H2;6H,1-3H2;2,4H,1,3H2,(H,6,7);2,4,6H,1,3H2;1-3H2,(H,5,6). The second-order valence-corrected chi connectivity index (χ2v) is 27.8. The molecule has 5 aromatic rings. The fourth-order valence-electron chi connectivity index (χ4n) is 11.8. The number of hydrogen-bond acceptors (Lipinski definition) is 25. The van der Waals surface area contributed by atoms with E-state index in [0.29, 0.717) is 80.3 Å². The van der Waals surface area contributed by atoms with E-state index >= 15 is 0 Å². The zero-order valence-corrected chi connectivity index (χ0v) is 68.5. The maximum Gasteiger partial charge on any atom is 0.325 e. The van der Waals surface area contributed by atoms with Gasteiger partial charge in [-0.1, -0.05) is 138 Å². The molecule has 15 aliphatic rings. The molecule has 4 aromatic carbocycles. The molecule has 15 aliphatic heterocycles. The number of para-hydroxylation sites is 3. The monoisotopic (exact) mass is 1670 g/mol. The number of aromatic nitrogens is 2. The van der Waals surface area contributed by atoms with E-state index in [2.05, 4.69) is 197 Å². The molecule has 19 N–H and O–H groups in total. The fourth-order valence-corrected chi connectivity index (χ4v) is 11.8. The number of nitrogens with one attached hydrogen (secondary N) is 17. The van der Waals surface area contributed by atoms with Crippen molar-refractivity contribution < 1.29 is 47.9 Å². The molecule has 0 bridgehead atoms. The minimum atomic E-state index is -0.490. The van der Waals surface area contributed by atoms with Gasteiger partial charge in [0.15, 0.2) is 11.7 Å². The number of fused-ring (bicyclic) bond motifs is 5. The van der Waals surface area contributed by atoms with Crippen LogP contribution in [0.4, 0.5) is 21.9 Å². The lowest BCUT2D eigenvalue weighted by Crippen LogP contribution is -2.44. The molecule has 1 atom stereocenters. The maximum atomic E-state index is 11.1. The van der Waals surface area contributed by atoms with E-state index in [1.165, 1.54) is 35.7 Å². The van der Waals surface area contributed by atoms with E-state index in [4.69, 9.17) is 5.73 Å². The molecule has 1 aromatic heterocycles. The second kappa shape index (κ2) is 51.7. The van der Waals surface area contributed by atoms with Gasteiger partial charge in [0, 0.05) is 157 Å². The van der Waals surface area contributed by atoms with E-state index in [1.807, 2.05) is 91.2 Å². The number of imide groups is 1. The van der Waals surface area contributed by atoms with Crippen LogP contribution in [0, 0.1) is 0 Å². The number of amides is 10. The quantitative estimate of drug-likeness (QED) is 0.0761. The highest BCUT2D eigenvalue weighted by atomic mass is 16.2. The summed E-state index contributed by atoms with van der Waals surface area (Å²) in [5.41, 5.74) is 18.7. The minimum Gasteiger partial charge on any atom is -0.381 e.